The number of likely N-dealkylation sites (tertiary alicyclic amines) is 1. The van der Waals surface area contributed by atoms with Crippen LogP contribution in [0.3, 0.4) is 0 Å². The Labute approximate surface area is 102 Å². The molecule has 5 unspecified atom stereocenters. The SMILES string of the molecule is CC1CC(C(=O)N2CC3CCC(O)C3C2)CO1. The van der Waals surface area contributed by atoms with Crippen LogP contribution in [-0.2, 0) is 9.53 Å². The van der Waals surface area contributed by atoms with Gasteiger partial charge in [-0.25, -0.2) is 0 Å². The third-order valence-electron chi connectivity index (χ3n) is 4.68. The van der Waals surface area contributed by atoms with Crippen LogP contribution in [0.1, 0.15) is 26.2 Å². The summed E-state index contributed by atoms with van der Waals surface area (Å²) in [4.78, 5) is 14.3. The maximum Gasteiger partial charge on any atom is 0.228 e. The Bertz CT molecular complexity index is 320. The molecule has 17 heavy (non-hydrogen) atoms. The summed E-state index contributed by atoms with van der Waals surface area (Å²) in [5.74, 6) is 1.17. The molecule has 0 aromatic rings. The number of nitrogens with zero attached hydrogens (tertiary/aromatic N) is 1. The predicted octanol–water partition coefficient (Wildman–Crippen LogP) is 0.641. The number of aliphatic hydroxyl groups is 1. The van der Waals surface area contributed by atoms with Crippen LogP contribution in [-0.4, -0.2) is 47.8 Å². The summed E-state index contributed by atoms with van der Waals surface area (Å²) in [7, 11) is 0. The van der Waals surface area contributed by atoms with Gasteiger partial charge in [-0.15, -0.1) is 0 Å². The fraction of sp³-hybridized carbons (Fsp3) is 0.923. The van der Waals surface area contributed by atoms with E-state index in [0.29, 0.717) is 18.4 Å². The van der Waals surface area contributed by atoms with Crippen LogP contribution in [0.15, 0.2) is 0 Å². The average molecular weight is 239 g/mol. The maximum absolute atomic E-state index is 12.3. The van der Waals surface area contributed by atoms with E-state index in [2.05, 4.69) is 0 Å². The molecule has 0 aromatic carbocycles. The van der Waals surface area contributed by atoms with Gasteiger partial charge in [-0.3, -0.25) is 4.79 Å². The van der Waals surface area contributed by atoms with E-state index < -0.39 is 0 Å². The monoisotopic (exact) mass is 239 g/mol. The summed E-state index contributed by atoms with van der Waals surface area (Å²) >= 11 is 0. The molecule has 3 fully saturated rings. The van der Waals surface area contributed by atoms with Crippen LogP contribution >= 0.6 is 0 Å². The fourth-order valence-electron chi connectivity index (χ4n) is 3.66. The van der Waals surface area contributed by atoms with Gasteiger partial charge in [-0.2, -0.15) is 0 Å². The van der Waals surface area contributed by atoms with E-state index >= 15 is 0 Å². The molecule has 3 aliphatic rings. The van der Waals surface area contributed by atoms with Gasteiger partial charge in [0.05, 0.1) is 24.7 Å². The molecule has 0 bridgehead atoms. The molecule has 1 aliphatic carbocycles. The smallest absolute Gasteiger partial charge is 0.228 e. The lowest BCUT2D eigenvalue weighted by Gasteiger charge is -2.21. The molecular weight excluding hydrogens is 218 g/mol. The fourth-order valence-corrected chi connectivity index (χ4v) is 3.66. The molecule has 2 saturated heterocycles. The molecule has 1 amide bonds. The number of carbonyl (C=O) groups is 1. The number of hydrogen-bond donors (Lipinski definition) is 1. The van der Waals surface area contributed by atoms with E-state index in [1.165, 1.54) is 0 Å². The second-order valence-electron chi connectivity index (χ2n) is 5.89. The van der Waals surface area contributed by atoms with Crippen LogP contribution in [0.25, 0.3) is 0 Å². The Morgan fingerprint density at radius 1 is 1.35 bits per heavy atom. The zero-order valence-corrected chi connectivity index (χ0v) is 10.3. The molecule has 1 saturated carbocycles. The lowest BCUT2D eigenvalue weighted by molar-refractivity contribution is -0.134. The van der Waals surface area contributed by atoms with Crippen LogP contribution in [0, 0.1) is 17.8 Å². The Kier molecular flexibility index (Phi) is 2.87. The summed E-state index contributed by atoms with van der Waals surface area (Å²) < 4.78 is 5.46. The van der Waals surface area contributed by atoms with Crippen molar-refractivity contribution in [3.05, 3.63) is 0 Å². The van der Waals surface area contributed by atoms with Crippen molar-refractivity contribution in [3.63, 3.8) is 0 Å². The molecule has 2 aliphatic heterocycles. The van der Waals surface area contributed by atoms with Crippen LogP contribution in [0.2, 0.25) is 0 Å². The summed E-state index contributed by atoms with van der Waals surface area (Å²) in [6.07, 6.45) is 2.88. The Morgan fingerprint density at radius 2 is 2.18 bits per heavy atom. The summed E-state index contributed by atoms with van der Waals surface area (Å²) in [5.41, 5.74) is 0. The minimum absolute atomic E-state index is 0.0565. The highest BCUT2D eigenvalue weighted by Gasteiger charge is 2.45. The maximum atomic E-state index is 12.3. The number of ether oxygens (including phenoxy) is 1. The van der Waals surface area contributed by atoms with Crippen LogP contribution in [0.4, 0.5) is 0 Å². The van der Waals surface area contributed by atoms with Crippen molar-refractivity contribution in [2.75, 3.05) is 19.7 Å². The third kappa shape index (κ3) is 1.97. The number of aliphatic hydroxyl groups excluding tert-OH is 1. The van der Waals surface area contributed by atoms with Crippen molar-refractivity contribution in [2.45, 2.75) is 38.4 Å². The Hall–Kier alpha value is -0.610. The molecule has 2 heterocycles. The van der Waals surface area contributed by atoms with Gasteiger partial charge >= 0.3 is 0 Å². The first-order valence-corrected chi connectivity index (χ1v) is 6.73. The van der Waals surface area contributed by atoms with E-state index in [1.807, 2.05) is 11.8 Å². The average Bonchev–Trinajstić information content (AvgIpc) is 2.96. The number of fused-ring (bicyclic) bond motifs is 1. The summed E-state index contributed by atoms with van der Waals surface area (Å²) in [5, 5.41) is 9.84. The second kappa shape index (κ2) is 4.25. The van der Waals surface area contributed by atoms with E-state index in [0.717, 1.165) is 32.4 Å². The van der Waals surface area contributed by atoms with E-state index in [4.69, 9.17) is 4.74 Å². The van der Waals surface area contributed by atoms with Crippen LogP contribution < -0.4 is 0 Å². The summed E-state index contributed by atoms with van der Waals surface area (Å²) in [6, 6.07) is 0. The normalized spacial score (nSPS) is 45.3. The predicted molar refractivity (Wildman–Crippen MR) is 62.3 cm³/mol. The van der Waals surface area contributed by atoms with Gasteiger partial charge in [0.1, 0.15) is 0 Å². The minimum Gasteiger partial charge on any atom is -0.393 e. The van der Waals surface area contributed by atoms with Gasteiger partial charge < -0.3 is 14.7 Å². The van der Waals surface area contributed by atoms with E-state index in [-0.39, 0.29) is 24.0 Å². The highest BCUT2D eigenvalue weighted by molar-refractivity contribution is 5.79. The zero-order valence-electron chi connectivity index (χ0n) is 10.3. The van der Waals surface area contributed by atoms with Crippen molar-refractivity contribution >= 4 is 5.91 Å². The van der Waals surface area contributed by atoms with Gasteiger partial charge in [-0.05, 0) is 32.1 Å². The van der Waals surface area contributed by atoms with Crippen molar-refractivity contribution in [3.8, 4) is 0 Å². The zero-order chi connectivity index (χ0) is 12.0. The molecule has 3 rings (SSSR count). The van der Waals surface area contributed by atoms with Gasteiger partial charge in [0.2, 0.25) is 5.91 Å². The molecule has 0 spiro atoms. The highest BCUT2D eigenvalue weighted by atomic mass is 16.5. The summed E-state index contributed by atoms with van der Waals surface area (Å²) in [6.45, 7) is 4.21. The molecule has 4 heteroatoms. The minimum atomic E-state index is -0.184. The third-order valence-corrected chi connectivity index (χ3v) is 4.68. The standard InChI is InChI=1S/C13H21NO3/c1-8-4-10(7-17-8)13(16)14-5-9-2-3-12(15)11(9)6-14/h8-12,15H,2-7H2,1H3. The van der Waals surface area contributed by atoms with E-state index in [9.17, 15) is 9.90 Å². The molecule has 96 valence electrons. The van der Waals surface area contributed by atoms with Gasteiger partial charge in [0, 0.05) is 19.0 Å². The van der Waals surface area contributed by atoms with Crippen molar-refractivity contribution in [1.82, 2.24) is 4.90 Å². The molecule has 0 aromatic heterocycles. The quantitative estimate of drug-likeness (QED) is 0.730. The van der Waals surface area contributed by atoms with Crippen molar-refractivity contribution < 1.29 is 14.6 Å². The Balaban J connectivity index is 1.61. The molecule has 4 nitrogen and oxygen atoms in total. The van der Waals surface area contributed by atoms with Crippen molar-refractivity contribution in [1.29, 1.82) is 0 Å². The first kappa shape index (κ1) is 11.5. The molecule has 5 atom stereocenters. The van der Waals surface area contributed by atoms with Gasteiger partial charge in [0.25, 0.3) is 0 Å². The van der Waals surface area contributed by atoms with Crippen molar-refractivity contribution in [2.24, 2.45) is 17.8 Å². The van der Waals surface area contributed by atoms with Crippen LogP contribution in [0.5, 0.6) is 0 Å². The van der Waals surface area contributed by atoms with Gasteiger partial charge in [0.15, 0.2) is 0 Å². The van der Waals surface area contributed by atoms with E-state index in [1.54, 1.807) is 0 Å². The first-order chi connectivity index (χ1) is 8.15. The second-order valence-corrected chi connectivity index (χ2v) is 5.89. The number of carbonyl (C=O) groups excluding carboxylic acids is 1. The first-order valence-electron chi connectivity index (χ1n) is 6.73. The number of amides is 1. The van der Waals surface area contributed by atoms with Gasteiger partial charge in [-0.1, -0.05) is 0 Å². The lowest BCUT2D eigenvalue weighted by Crippen LogP contribution is -2.36. The molecule has 1 N–H and O–H groups in total. The molecule has 0 radical (unpaired) electrons. The number of hydrogen-bond acceptors (Lipinski definition) is 3. The largest absolute Gasteiger partial charge is 0.393 e. The topological polar surface area (TPSA) is 49.8 Å². The highest BCUT2D eigenvalue weighted by Crippen LogP contribution is 2.39. The number of rotatable bonds is 1. The Morgan fingerprint density at radius 3 is 2.82 bits per heavy atom. The lowest BCUT2D eigenvalue weighted by atomic mass is 10.00. The molecular formula is C13H21NO3.